The van der Waals surface area contributed by atoms with Gasteiger partial charge in [0.2, 0.25) is 5.91 Å². The zero-order chi connectivity index (χ0) is 12.6. The Bertz CT molecular complexity index is 515. The Morgan fingerprint density at radius 3 is 2.71 bits per heavy atom. The van der Waals surface area contributed by atoms with Crippen LogP contribution in [0, 0.1) is 0 Å². The average molecular weight is 272 g/mol. The summed E-state index contributed by atoms with van der Waals surface area (Å²) in [5, 5.41) is 3.36. The normalized spacial score (nSPS) is 24.2. The van der Waals surface area contributed by atoms with Crippen molar-refractivity contribution in [1.82, 2.24) is 5.32 Å². The van der Waals surface area contributed by atoms with Crippen molar-refractivity contribution in [1.29, 1.82) is 0 Å². The molecule has 3 N–H and O–H groups in total. The van der Waals surface area contributed by atoms with Crippen LogP contribution in [0.4, 0.5) is 0 Å². The molecule has 1 aliphatic heterocycles. The number of rotatable bonds is 1. The number of nitrogens with two attached hydrogens (primary N) is 1. The second-order valence-corrected chi connectivity index (χ2v) is 4.94. The molecule has 1 aromatic rings. The molecule has 6 heteroatoms. The molecule has 1 amide bonds. The lowest BCUT2D eigenvalue weighted by Crippen LogP contribution is -2.46. The van der Waals surface area contributed by atoms with Crippen molar-refractivity contribution >= 4 is 35.1 Å². The topological polar surface area (TPSA) is 67.5 Å². The number of nitrogens with one attached hydrogen (secondary N) is 1. The van der Waals surface area contributed by atoms with E-state index in [1.54, 1.807) is 18.2 Å². The van der Waals surface area contributed by atoms with Crippen LogP contribution in [-0.4, -0.2) is 11.9 Å². The van der Waals surface area contributed by atoms with Gasteiger partial charge in [0.1, 0.15) is 0 Å². The van der Waals surface area contributed by atoms with Crippen LogP contribution in [-0.2, 0) is 10.3 Å². The maximum absolute atomic E-state index is 11.5. The van der Waals surface area contributed by atoms with Crippen molar-refractivity contribution in [3.63, 3.8) is 0 Å². The van der Waals surface area contributed by atoms with Crippen molar-refractivity contribution < 1.29 is 4.79 Å². The van der Waals surface area contributed by atoms with Gasteiger partial charge in [-0.05, 0) is 24.6 Å². The van der Waals surface area contributed by atoms with Gasteiger partial charge in [0, 0.05) is 0 Å². The van der Waals surface area contributed by atoms with Crippen molar-refractivity contribution in [2.75, 3.05) is 0 Å². The first-order valence-corrected chi connectivity index (χ1v) is 5.77. The molecule has 1 aliphatic rings. The smallest absolute Gasteiger partial charge is 0.229 e. The monoisotopic (exact) mass is 271 g/mol. The Hall–Kier alpha value is -1.26. The minimum atomic E-state index is -0.694. The highest BCUT2D eigenvalue weighted by molar-refractivity contribution is 6.42. The molecule has 4 nitrogen and oxygen atoms in total. The molecule has 0 fully saturated rings. The number of hydrogen-bond donors (Lipinski definition) is 2. The zero-order valence-corrected chi connectivity index (χ0v) is 10.6. The van der Waals surface area contributed by atoms with Crippen molar-refractivity contribution in [3.8, 4) is 0 Å². The Kier molecular flexibility index (Phi) is 3.02. The van der Waals surface area contributed by atoms with E-state index in [2.05, 4.69) is 10.3 Å². The van der Waals surface area contributed by atoms with E-state index in [-0.39, 0.29) is 18.3 Å². The summed E-state index contributed by atoms with van der Waals surface area (Å²) >= 11 is 11.8. The first kappa shape index (κ1) is 12.2. The molecule has 1 aromatic carbocycles. The van der Waals surface area contributed by atoms with Gasteiger partial charge in [0.25, 0.3) is 0 Å². The summed E-state index contributed by atoms with van der Waals surface area (Å²) in [7, 11) is 0. The molecule has 1 atom stereocenters. The molecular formula is C11H11Cl2N3O. The van der Waals surface area contributed by atoms with Crippen LogP contribution in [0.2, 0.25) is 10.0 Å². The molecular weight excluding hydrogens is 261 g/mol. The molecule has 17 heavy (non-hydrogen) atoms. The van der Waals surface area contributed by atoms with Gasteiger partial charge in [-0.25, -0.2) is 4.99 Å². The Balaban J connectivity index is 2.47. The first-order valence-electron chi connectivity index (χ1n) is 5.01. The fraction of sp³-hybridized carbons (Fsp3) is 0.273. The van der Waals surface area contributed by atoms with Gasteiger partial charge in [0.05, 0.1) is 22.0 Å². The maximum Gasteiger partial charge on any atom is 0.229 e. The van der Waals surface area contributed by atoms with Gasteiger partial charge >= 0.3 is 0 Å². The summed E-state index contributed by atoms with van der Waals surface area (Å²) < 4.78 is 0. The summed E-state index contributed by atoms with van der Waals surface area (Å²) in [6, 6.07) is 5.19. The number of halogens is 2. The highest BCUT2D eigenvalue weighted by Crippen LogP contribution is 2.34. The van der Waals surface area contributed by atoms with E-state index in [0.717, 1.165) is 5.56 Å². The number of hydrogen-bond acceptors (Lipinski definition) is 3. The number of aliphatic imine (C=N–C) groups is 1. The molecule has 0 aromatic heterocycles. The third kappa shape index (κ3) is 2.37. The van der Waals surface area contributed by atoms with Gasteiger partial charge in [0.15, 0.2) is 5.96 Å². The Morgan fingerprint density at radius 1 is 1.41 bits per heavy atom. The predicted octanol–water partition coefficient (Wildman–Crippen LogP) is 2.04. The van der Waals surface area contributed by atoms with Crippen LogP contribution in [0.1, 0.15) is 18.9 Å². The lowest BCUT2D eigenvalue weighted by molar-refractivity contribution is -0.121. The molecule has 0 bridgehead atoms. The molecule has 0 unspecified atom stereocenters. The SMILES string of the molecule is C[C@@]1(c2ccc(Cl)c(Cl)c2)CC(=O)NC(N)=N1. The number of carbonyl (C=O) groups excluding carboxylic acids is 1. The van der Waals surface area contributed by atoms with Gasteiger partial charge in [-0.15, -0.1) is 0 Å². The predicted molar refractivity (Wildman–Crippen MR) is 68.2 cm³/mol. The number of amides is 1. The van der Waals surface area contributed by atoms with Gasteiger partial charge < -0.3 is 5.73 Å². The minimum Gasteiger partial charge on any atom is -0.370 e. The molecule has 90 valence electrons. The molecule has 0 radical (unpaired) electrons. The lowest BCUT2D eigenvalue weighted by Gasteiger charge is -2.29. The quantitative estimate of drug-likeness (QED) is 0.821. The van der Waals surface area contributed by atoms with E-state index in [1.165, 1.54) is 0 Å². The summed E-state index contributed by atoms with van der Waals surface area (Å²) in [6.45, 7) is 1.83. The maximum atomic E-state index is 11.5. The average Bonchev–Trinajstić information content (AvgIpc) is 2.19. The number of benzene rings is 1. The van der Waals surface area contributed by atoms with E-state index in [0.29, 0.717) is 10.0 Å². The summed E-state index contributed by atoms with van der Waals surface area (Å²) in [6.07, 6.45) is 0.228. The Morgan fingerprint density at radius 2 is 2.12 bits per heavy atom. The van der Waals surface area contributed by atoms with Crippen LogP contribution >= 0.6 is 23.2 Å². The van der Waals surface area contributed by atoms with Gasteiger partial charge in [-0.3, -0.25) is 10.1 Å². The summed E-state index contributed by atoms with van der Waals surface area (Å²) in [4.78, 5) is 15.7. The van der Waals surface area contributed by atoms with Gasteiger partial charge in [-0.2, -0.15) is 0 Å². The molecule has 0 aliphatic carbocycles. The molecule has 1 heterocycles. The molecule has 0 spiro atoms. The fourth-order valence-corrected chi connectivity index (χ4v) is 2.13. The van der Waals surface area contributed by atoms with Gasteiger partial charge in [-0.1, -0.05) is 29.3 Å². The highest BCUT2D eigenvalue weighted by atomic mass is 35.5. The van der Waals surface area contributed by atoms with Crippen LogP contribution < -0.4 is 11.1 Å². The number of carbonyl (C=O) groups is 1. The molecule has 0 saturated heterocycles. The molecule has 0 saturated carbocycles. The summed E-state index contributed by atoms with van der Waals surface area (Å²) in [5.74, 6) is -0.0408. The zero-order valence-electron chi connectivity index (χ0n) is 9.13. The van der Waals surface area contributed by atoms with E-state index in [9.17, 15) is 4.79 Å². The van der Waals surface area contributed by atoms with E-state index < -0.39 is 5.54 Å². The summed E-state index contributed by atoms with van der Waals surface area (Å²) in [5.41, 5.74) is 5.68. The number of nitrogens with zero attached hydrogens (tertiary/aromatic N) is 1. The third-order valence-corrected chi connectivity index (χ3v) is 3.42. The van der Waals surface area contributed by atoms with Crippen LogP contribution in [0.25, 0.3) is 0 Å². The minimum absolute atomic E-state index is 0.120. The highest BCUT2D eigenvalue weighted by Gasteiger charge is 2.33. The van der Waals surface area contributed by atoms with Crippen LogP contribution in [0.3, 0.4) is 0 Å². The third-order valence-electron chi connectivity index (χ3n) is 2.68. The Labute approximate surface area is 109 Å². The van der Waals surface area contributed by atoms with E-state index in [1.807, 2.05) is 6.92 Å². The second kappa shape index (κ2) is 4.20. The van der Waals surface area contributed by atoms with Crippen molar-refractivity contribution in [3.05, 3.63) is 33.8 Å². The molecule has 2 rings (SSSR count). The van der Waals surface area contributed by atoms with Crippen LogP contribution in [0.15, 0.2) is 23.2 Å². The van der Waals surface area contributed by atoms with Crippen LogP contribution in [0.5, 0.6) is 0 Å². The number of guanidine groups is 1. The van der Waals surface area contributed by atoms with Crippen molar-refractivity contribution in [2.45, 2.75) is 18.9 Å². The fourth-order valence-electron chi connectivity index (χ4n) is 1.83. The largest absolute Gasteiger partial charge is 0.370 e. The standard InChI is InChI=1S/C11H11Cl2N3O/c1-11(5-9(17)15-10(14)16-11)6-2-3-7(12)8(13)4-6/h2-4H,5H2,1H3,(H3,14,15,16,17)/t11-/m0/s1. The lowest BCUT2D eigenvalue weighted by atomic mass is 9.88. The first-order chi connectivity index (χ1) is 7.90. The second-order valence-electron chi connectivity index (χ2n) is 4.12. The van der Waals surface area contributed by atoms with E-state index >= 15 is 0 Å². The van der Waals surface area contributed by atoms with E-state index in [4.69, 9.17) is 28.9 Å². The van der Waals surface area contributed by atoms with Crippen molar-refractivity contribution in [2.24, 2.45) is 10.7 Å².